The van der Waals surface area contributed by atoms with Crippen LogP contribution in [-0.2, 0) is 20.4 Å². The molecule has 1 aliphatic rings. The van der Waals surface area contributed by atoms with Crippen LogP contribution in [0, 0.1) is 0 Å². The number of hydrogen-bond donors (Lipinski definition) is 0. The average molecular weight is 203 g/mol. The standard InChI is InChI=1S/C4H9NO4S.ClH/c6-10(7)9-5-1-3-8-4-2-5;/h1-4H2,(H,6,7);1H/p-1. The monoisotopic (exact) mass is 202 g/mol. The fourth-order valence-corrected chi connectivity index (χ4v) is 1.03. The van der Waals surface area contributed by atoms with Crippen LogP contribution in [0.4, 0.5) is 0 Å². The summed E-state index contributed by atoms with van der Waals surface area (Å²) < 4.78 is 29.2. The van der Waals surface area contributed by atoms with Crippen LogP contribution in [0.1, 0.15) is 0 Å². The van der Waals surface area contributed by atoms with E-state index < -0.39 is 11.4 Å². The van der Waals surface area contributed by atoms with Crippen molar-refractivity contribution in [2.45, 2.75) is 0 Å². The maximum absolute atomic E-state index is 9.96. The Hall–Kier alpha value is 0.280. The van der Waals surface area contributed by atoms with Crippen molar-refractivity contribution in [2.24, 2.45) is 0 Å². The Kier molecular flexibility index (Phi) is 6.02. The molecule has 7 heteroatoms. The summed E-state index contributed by atoms with van der Waals surface area (Å²) in [5, 5.41) is 1.35. The number of hydroxylamine groups is 2. The van der Waals surface area contributed by atoms with Crippen molar-refractivity contribution in [3.05, 3.63) is 0 Å². The molecular weight excluding hydrogens is 194 g/mol. The van der Waals surface area contributed by atoms with Crippen LogP contribution in [0.5, 0.6) is 0 Å². The Morgan fingerprint density at radius 1 is 1.45 bits per heavy atom. The first-order valence-electron chi connectivity index (χ1n) is 2.89. The molecule has 0 aromatic rings. The molecule has 0 radical (unpaired) electrons. The summed E-state index contributed by atoms with van der Waals surface area (Å²) in [6, 6.07) is 0. The molecule has 0 N–H and O–H groups in total. The van der Waals surface area contributed by atoms with Crippen LogP contribution in [0.25, 0.3) is 0 Å². The number of hydrogen-bond acceptors (Lipinski definition) is 5. The molecule has 0 amide bonds. The first-order chi connectivity index (χ1) is 4.79. The minimum absolute atomic E-state index is 0. The lowest BCUT2D eigenvalue weighted by atomic mass is 10.5. The van der Waals surface area contributed by atoms with Gasteiger partial charge in [-0.1, -0.05) is 0 Å². The normalized spacial score (nSPS) is 22.3. The van der Waals surface area contributed by atoms with E-state index in [1.165, 1.54) is 5.06 Å². The highest BCUT2D eigenvalue weighted by Crippen LogP contribution is 1.97. The first kappa shape index (κ1) is 11.3. The molecule has 1 unspecified atom stereocenters. The molecule has 1 fully saturated rings. The highest BCUT2D eigenvalue weighted by molar-refractivity contribution is 7.74. The van der Waals surface area contributed by atoms with Crippen LogP contribution >= 0.6 is 12.4 Å². The van der Waals surface area contributed by atoms with E-state index in [0.717, 1.165) is 0 Å². The Morgan fingerprint density at radius 2 is 2.00 bits per heavy atom. The van der Waals surface area contributed by atoms with E-state index in [4.69, 9.17) is 4.74 Å². The van der Waals surface area contributed by atoms with E-state index in [2.05, 4.69) is 4.28 Å². The molecule has 1 heterocycles. The Labute approximate surface area is 73.5 Å². The van der Waals surface area contributed by atoms with Gasteiger partial charge in [0.25, 0.3) is 0 Å². The van der Waals surface area contributed by atoms with Gasteiger partial charge in [-0.25, -0.2) is 8.49 Å². The predicted molar refractivity (Wildman–Crippen MR) is 39.6 cm³/mol. The second-order valence-electron chi connectivity index (χ2n) is 1.82. The summed E-state index contributed by atoms with van der Waals surface area (Å²) in [5.41, 5.74) is 0. The van der Waals surface area contributed by atoms with Gasteiger partial charge in [-0.15, -0.1) is 12.4 Å². The van der Waals surface area contributed by atoms with Gasteiger partial charge >= 0.3 is 0 Å². The van der Waals surface area contributed by atoms with Crippen molar-refractivity contribution in [3.8, 4) is 0 Å². The SMILES string of the molecule is Cl.O=S([O-])ON1CCOCC1. The zero-order valence-electron chi connectivity index (χ0n) is 5.73. The van der Waals surface area contributed by atoms with Gasteiger partial charge in [0.1, 0.15) is 11.4 Å². The molecule has 1 atom stereocenters. The van der Waals surface area contributed by atoms with Gasteiger partial charge in [-0.05, 0) is 0 Å². The van der Waals surface area contributed by atoms with Gasteiger partial charge in [-0.3, -0.25) is 0 Å². The number of morpholine rings is 1. The van der Waals surface area contributed by atoms with Crippen molar-refractivity contribution in [2.75, 3.05) is 26.3 Å². The lowest BCUT2D eigenvalue weighted by Crippen LogP contribution is -2.36. The van der Waals surface area contributed by atoms with Gasteiger partial charge < -0.3 is 9.29 Å². The molecule has 11 heavy (non-hydrogen) atoms. The van der Waals surface area contributed by atoms with Crippen LogP contribution in [0.3, 0.4) is 0 Å². The second kappa shape index (κ2) is 5.87. The lowest BCUT2D eigenvalue weighted by Gasteiger charge is -2.25. The van der Waals surface area contributed by atoms with E-state index in [9.17, 15) is 8.76 Å². The number of nitrogens with zero attached hydrogens (tertiary/aromatic N) is 1. The highest BCUT2D eigenvalue weighted by Gasteiger charge is 2.10. The number of ether oxygens (including phenoxy) is 1. The maximum atomic E-state index is 9.96. The Morgan fingerprint density at radius 3 is 2.45 bits per heavy atom. The molecule has 0 aliphatic carbocycles. The van der Waals surface area contributed by atoms with Gasteiger partial charge in [-0.2, -0.15) is 5.06 Å². The third kappa shape index (κ3) is 4.67. The average Bonchev–Trinajstić information content (AvgIpc) is 1.88. The smallest absolute Gasteiger partial charge is 0.106 e. The quantitative estimate of drug-likeness (QED) is 0.564. The molecule has 5 nitrogen and oxygen atoms in total. The summed E-state index contributed by atoms with van der Waals surface area (Å²) in [6.45, 7) is 2.07. The van der Waals surface area contributed by atoms with Crippen molar-refractivity contribution < 1.29 is 17.8 Å². The van der Waals surface area contributed by atoms with E-state index in [0.29, 0.717) is 26.3 Å². The van der Waals surface area contributed by atoms with Crippen LogP contribution in [-0.4, -0.2) is 40.1 Å². The lowest BCUT2D eigenvalue weighted by molar-refractivity contribution is -0.114. The van der Waals surface area contributed by atoms with Crippen LogP contribution < -0.4 is 0 Å². The van der Waals surface area contributed by atoms with E-state index in [1.54, 1.807) is 0 Å². The third-order valence-electron chi connectivity index (χ3n) is 1.14. The molecule has 0 aromatic carbocycles. The van der Waals surface area contributed by atoms with Crippen molar-refractivity contribution in [1.82, 2.24) is 5.06 Å². The van der Waals surface area contributed by atoms with E-state index >= 15 is 0 Å². The van der Waals surface area contributed by atoms with E-state index in [1.807, 2.05) is 0 Å². The van der Waals surface area contributed by atoms with Crippen LogP contribution in [0.2, 0.25) is 0 Å². The van der Waals surface area contributed by atoms with E-state index in [-0.39, 0.29) is 12.4 Å². The van der Waals surface area contributed by atoms with Gasteiger partial charge in [0.15, 0.2) is 0 Å². The topological polar surface area (TPSA) is 61.8 Å². The van der Waals surface area contributed by atoms with Gasteiger partial charge in [0, 0.05) is 13.1 Å². The molecule has 0 aromatic heterocycles. The molecule has 1 rings (SSSR count). The number of rotatable bonds is 2. The summed E-state index contributed by atoms with van der Waals surface area (Å²) in [7, 11) is 0. The fraction of sp³-hybridized carbons (Fsp3) is 1.00. The third-order valence-corrected chi connectivity index (χ3v) is 1.47. The molecule has 0 saturated carbocycles. The highest BCUT2D eigenvalue weighted by atomic mass is 35.5. The van der Waals surface area contributed by atoms with Gasteiger partial charge in [0.05, 0.1) is 13.2 Å². The van der Waals surface area contributed by atoms with Crippen molar-refractivity contribution in [3.63, 3.8) is 0 Å². The molecule has 1 saturated heterocycles. The summed E-state index contributed by atoms with van der Waals surface area (Å²) >= 11 is -2.44. The van der Waals surface area contributed by atoms with Crippen molar-refractivity contribution >= 4 is 23.8 Å². The minimum Gasteiger partial charge on any atom is -0.748 e. The predicted octanol–water partition coefficient (Wildman–Crippen LogP) is -0.534. The summed E-state index contributed by atoms with van der Waals surface area (Å²) in [5.74, 6) is 0. The number of halogens is 1. The fourth-order valence-electron chi connectivity index (χ4n) is 0.707. The largest absolute Gasteiger partial charge is 0.748 e. The molecule has 0 spiro atoms. The van der Waals surface area contributed by atoms with Crippen molar-refractivity contribution in [1.29, 1.82) is 0 Å². The first-order valence-corrected chi connectivity index (χ1v) is 3.89. The zero-order valence-corrected chi connectivity index (χ0v) is 7.36. The second-order valence-corrected chi connectivity index (χ2v) is 2.38. The molecular formula is C4H9ClNO4S-. The molecule has 68 valence electrons. The minimum atomic E-state index is -2.44. The Balaban J connectivity index is 0.000001000. The molecule has 1 aliphatic heterocycles. The summed E-state index contributed by atoms with van der Waals surface area (Å²) in [4.78, 5) is 0. The van der Waals surface area contributed by atoms with Gasteiger partial charge in [0.2, 0.25) is 0 Å². The zero-order chi connectivity index (χ0) is 7.40. The van der Waals surface area contributed by atoms with Crippen LogP contribution in [0.15, 0.2) is 0 Å². The maximum Gasteiger partial charge on any atom is 0.106 e. The summed E-state index contributed by atoms with van der Waals surface area (Å²) in [6.07, 6.45) is 0. The Bertz CT molecular complexity index is 129. The molecule has 0 bridgehead atoms.